The maximum atomic E-state index is 2.41. The van der Waals surface area contributed by atoms with Crippen LogP contribution in [0.15, 0.2) is 156 Å². The van der Waals surface area contributed by atoms with E-state index in [9.17, 15) is 0 Å². The van der Waals surface area contributed by atoms with Gasteiger partial charge in [-0.25, -0.2) is 0 Å². The van der Waals surface area contributed by atoms with E-state index in [1.807, 2.05) is 0 Å². The molecule has 0 N–H and O–H groups in total. The summed E-state index contributed by atoms with van der Waals surface area (Å²) in [5.74, 6) is 0. The Hall–Kier alpha value is -5.50. The van der Waals surface area contributed by atoms with Gasteiger partial charge in [0, 0.05) is 10.8 Å². The Morgan fingerprint density at radius 3 is 1.42 bits per heavy atom. The zero-order chi connectivity index (χ0) is 29.5. The smallest absolute Gasteiger partial charge is 0.000831 e. The van der Waals surface area contributed by atoms with Crippen LogP contribution in [0.1, 0.15) is 0 Å². The lowest BCUT2D eigenvalue weighted by Crippen LogP contribution is -1.88. The van der Waals surface area contributed by atoms with Crippen LogP contribution in [0.4, 0.5) is 0 Å². The standard InChI is InChI=1S/C44H26S/c1-3-10-29-22-40-31(20-27(29)8-1)16-17-37-33(14-7-15-35(37)40)38-18-19-39(44-26-45-25-43(38)44)42-24-32-21-28-9-2-4-11-30(28)23-41(32)34-12-5-6-13-36(34)42/h1-26H. The molecule has 1 aromatic heterocycles. The van der Waals surface area contributed by atoms with Crippen molar-refractivity contribution >= 4 is 86.7 Å². The molecule has 10 rings (SSSR count). The summed E-state index contributed by atoms with van der Waals surface area (Å²) in [4.78, 5) is 0. The Kier molecular flexibility index (Phi) is 5.25. The van der Waals surface area contributed by atoms with Gasteiger partial charge in [-0.3, -0.25) is 0 Å². The average Bonchev–Trinajstić information content (AvgIpc) is 3.59. The predicted octanol–water partition coefficient (Wildman–Crippen LogP) is 13.2. The molecule has 0 saturated carbocycles. The number of rotatable bonds is 2. The van der Waals surface area contributed by atoms with Gasteiger partial charge in [0.05, 0.1) is 0 Å². The molecule has 10 aromatic rings. The first-order valence-electron chi connectivity index (χ1n) is 15.5. The van der Waals surface area contributed by atoms with Crippen LogP contribution in [0.25, 0.3) is 97.7 Å². The van der Waals surface area contributed by atoms with E-state index in [1.54, 1.807) is 11.3 Å². The zero-order valence-corrected chi connectivity index (χ0v) is 25.2. The molecular weight excluding hydrogens is 561 g/mol. The van der Waals surface area contributed by atoms with Crippen molar-refractivity contribution in [2.45, 2.75) is 0 Å². The molecule has 0 saturated heterocycles. The molecule has 0 unspecified atom stereocenters. The van der Waals surface area contributed by atoms with E-state index in [0.717, 1.165) is 0 Å². The number of hydrogen-bond donors (Lipinski definition) is 0. The molecule has 208 valence electrons. The Morgan fingerprint density at radius 1 is 0.244 bits per heavy atom. The fraction of sp³-hybridized carbons (Fsp3) is 0. The summed E-state index contributed by atoms with van der Waals surface area (Å²) in [7, 11) is 0. The summed E-state index contributed by atoms with van der Waals surface area (Å²) in [5.41, 5.74) is 5.15. The maximum Gasteiger partial charge on any atom is 0.000831 e. The first-order valence-corrected chi connectivity index (χ1v) is 16.4. The van der Waals surface area contributed by atoms with E-state index in [-0.39, 0.29) is 0 Å². The molecule has 0 atom stereocenters. The Bertz CT molecular complexity index is 2820. The van der Waals surface area contributed by atoms with Crippen molar-refractivity contribution in [3.8, 4) is 22.3 Å². The molecule has 0 amide bonds. The summed E-state index contributed by atoms with van der Waals surface area (Å²) < 4.78 is 0. The molecule has 0 radical (unpaired) electrons. The van der Waals surface area contributed by atoms with Gasteiger partial charge >= 0.3 is 0 Å². The van der Waals surface area contributed by atoms with Crippen LogP contribution < -0.4 is 0 Å². The predicted molar refractivity (Wildman–Crippen MR) is 198 cm³/mol. The van der Waals surface area contributed by atoms with Gasteiger partial charge in [0.1, 0.15) is 0 Å². The normalized spacial score (nSPS) is 12.0. The van der Waals surface area contributed by atoms with Crippen molar-refractivity contribution in [1.82, 2.24) is 0 Å². The van der Waals surface area contributed by atoms with E-state index < -0.39 is 0 Å². The minimum Gasteiger partial charge on any atom is -0.151 e. The lowest BCUT2D eigenvalue weighted by molar-refractivity contribution is 1.70. The number of fused-ring (bicyclic) bond motifs is 9. The van der Waals surface area contributed by atoms with E-state index in [4.69, 9.17) is 0 Å². The minimum absolute atomic E-state index is 1.28. The highest BCUT2D eigenvalue weighted by atomic mass is 32.1. The SMILES string of the molecule is c1ccc2cc3c(ccc4c(-c5ccc(-c6cc7cc8ccccc8cc7c7ccccc67)c6cscc56)cccc43)cc2c1. The quantitative estimate of drug-likeness (QED) is 0.140. The molecule has 0 aliphatic heterocycles. The number of hydrogen-bond acceptors (Lipinski definition) is 1. The number of benzene rings is 9. The van der Waals surface area contributed by atoms with Crippen LogP contribution in [0, 0.1) is 0 Å². The molecule has 0 bridgehead atoms. The van der Waals surface area contributed by atoms with Gasteiger partial charge < -0.3 is 0 Å². The summed E-state index contributed by atoms with van der Waals surface area (Å²) in [6.45, 7) is 0. The molecular formula is C44H26S. The summed E-state index contributed by atoms with van der Waals surface area (Å²) in [6, 6.07) is 54.1. The van der Waals surface area contributed by atoms with Crippen LogP contribution in [0.2, 0.25) is 0 Å². The molecule has 9 aromatic carbocycles. The van der Waals surface area contributed by atoms with Crippen LogP contribution in [0.3, 0.4) is 0 Å². The van der Waals surface area contributed by atoms with Gasteiger partial charge in [-0.15, -0.1) is 0 Å². The molecule has 1 heterocycles. The van der Waals surface area contributed by atoms with Crippen LogP contribution >= 0.6 is 11.3 Å². The van der Waals surface area contributed by atoms with Gasteiger partial charge in [0.25, 0.3) is 0 Å². The van der Waals surface area contributed by atoms with Crippen molar-refractivity contribution in [2.75, 3.05) is 0 Å². The third-order valence-corrected chi connectivity index (χ3v) is 10.5. The van der Waals surface area contributed by atoms with Gasteiger partial charge in [0.15, 0.2) is 0 Å². The van der Waals surface area contributed by atoms with E-state index in [2.05, 4.69) is 156 Å². The second kappa shape index (κ2) is 9.50. The molecule has 1 heteroatoms. The summed E-state index contributed by atoms with van der Waals surface area (Å²) in [5, 5.41) is 22.8. The van der Waals surface area contributed by atoms with Crippen LogP contribution in [-0.2, 0) is 0 Å². The topological polar surface area (TPSA) is 0 Å². The third-order valence-electron chi connectivity index (χ3n) is 9.71. The molecule has 45 heavy (non-hydrogen) atoms. The monoisotopic (exact) mass is 586 g/mol. The molecule has 0 nitrogen and oxygen atoms in total. The molecule has 0 fully saturated rings. The van der Waals surface area contributed by atoms with Crippen LogP contribution in [0.5, 0.6) is 0 Å². The Morgan fingerprint density at radius 2 is 0.733 bits per heavy atom. The first kappa shape index (κ1) is 24.9. The van der Waals surface area contributed by atoms with Crippen molar-refractivity contribution in [3.05, 3.63) is 156 Å². The summed E-state index contributed by atoms with van der Waals surface area (Å²) in [6.07, 6.45) is 0. The largest absolute Gasteiger partial charge is 0.151 e. The van der Waals surface area contributed by atoms with Crippen molar-refractivity contribution in [1.29, 1.82) is 0 Å². The number of thiophene rings is 1. The van der Waals surface area contributed by atoms with Gasteiger partial charge in [0.2, 0.25) is 0 Å². The van der Waals surface area contributed by atoms with E-state index >= 15 is 0 Å². The lowest BCUT2D eigenvalue weighted by atomic mass is 9.88. The second-order valence-corrected chi connectivity index (χ2v) is 12.9. The Balaban J connectivity index is 1.21. The Labute approximate surface area is 264 Å². The van der Waals surface area contributed by atoms with Gasteiger partial charge in [-0.05, 0) is 128 Å². The third kappa shape index (κ3) is 3.72. The van der Waals surface area contributed by atoms with Crippen molar-refractivity contribution in [3.63, 3.8) is 0 Å². The summed E-state index contributed by atoms with van der Waals surface area (Å²) >= 11 is 1.79. The van der Waals surface area contributed by atoms with Gasteiger partial charge in [-0.2, -0.15) is 11.3 Å². The van der Waals surface area contributed by atoms with E-state index in [1.165, 1.54) is 97.7 Å². The highest BCUT2D eigenvalue weighted by Gasteiger charge is 2.16. The molecule has 0 aliphatic rings. The van der Waals surface area contributed by atoms with Crippen LogP contribution in [-0.4, -0.2) is 0 Å². The average molecular weight is 587 g/mol. The van der Waals surface area contributed by atoms with Gasteiger partial charge in [-0.1, -0.05) is 115 Å². The minimum atomic E-state index is 1.28. The van der Waals surface area contributed by atoms with E-state index in [0.29, 0.717) is 0 Å². The maximum absolute atomic E-state index is 2.41. The van der Waals surface area contributed by atoms with Crippen molar-refractivity contribution < 1.29 is 0 Å². The molecule has 0 spiro atoms. The fourth-order valence-electron chi connectivity index (χ4n) is 7.57. The molecule has 0 aliphatic carbocycles. The zero-order valence-electron chi connectivity index (χ0n) is 24.4. The highest BCUT2D eigenvalue weighted by molar-refractivity contribution is 7.09. The fourth-order valence-corrected chi connectivity index (χ4v) is 8.41. The highest BCUT2D eigenvalue weighted by Crippen LogP contribution is 2.44. The van der Waals surface area contributed by atoms with Crippen molar-refractivity contribution in [2.24, 2.45) is 0 Å². The lowest BCUT2D eigenvalue weighted by Gasteiger charge is -2.15. The second-order valence-electron chi connectivity index (χ2n) is 12.1. The first-order chi connectivity index (χ1) is 22.3.